The molecule has 84 valence electrons. The SMILES string of the molecule is CCN(CCN)Cc1ccccc1NC. The fourth-order valence-electron chi connectivity index (χ4n) is 1.67. The number of anilines is 1. The summed E-state index contributed by atoms with van der Waals surface area (Å²) in [6.45, 7) is 5.84. The van der Waals surface area contributed by atoms with Gasteiger partial charge in [0.15, 0.2) is 0 Å². The van der Waals surface area contributed by atoms with Crippen LogP contribution in [0.25, 0.3) is 0 Å². The van der Waals surface area contributed by atoms with E-state index in [0.29, 0.717) is 0 Å². The van der Waals surface area contributed by atoms with Crippen molar-refractivity contribution in [2.24, 2.45) is 5.73 Å². The molecule has 0 bridgehead atoms. The molecule has 0 aromatic heterocycles. The second-order valence-corrected chi connectivity index (χ2v) is 3.56. The number of nitrogens with two attached hydrogens (primary N) is 1. The zero-order chi connectivity index (χ0) is 11.1. The number of nitrogens with zero attached hydrogens (tertiary/aromatic N) is 1. The Morgan fingerprint density at radius 1 is 1.33 bits per heavy atom. The van der Waals surface area contributed by atoms with E-state index in [4.69, 9.17) is 5.73 Å². The molecule has 0 atom stereocenters. The lowest BCUT2D eigenvalue weighted by molar-refractivity contribution is 0.288. The Bertz CT molecular complexity index is 286. The van der Waals surface area contributed by atoms with Gasteiger partial charge in [-0.3, -0.25) is 4.90 Å². The van der Waals surface area contributed by atoms with Crippen molar-refractivity contribution in [3.8, 4) is 0 Å². The second-order valence-electron chi connectivity index (χ2n) is 3.56. The predicted molar refractivity (Wildman–Crippen MR) is 66.0 cm³/mol. The molecule has 0 heterocycles. The van der Waals surface area contributed by atoms with Crippen molar-refractivity contribution in [1.29, 1.82) is 0 Å². The molecular weight excluding hydrogens is 186 g/mol. The molecule has 0 spiro atoms. The van der Waals surface area contributed by atoms with E-state index >= 15 is 0 Å². The van der Waals surface area contributed by atoms with Crippen LogP contribution in [-0.4, -0.2) is 31.6 Å². The first-order valence-electron chi connectivity index (χ1n) is 5.49. The van der Waals surface area contributed by atoms with Crippen LogP contribution in [0.3, 0.4) is 0 Å². The third-order valence-electron chi connectivity index (χ3n) is 2.57. The smallest absolute Gasteiger partial charge is 0.0383 e. The van der Waals surface area contributed by atoms with Gasteiger partial charge in [0.2, 0.25) is 0 Å². The predicted octanol–water partition coefficient (Wildman–Crippen LogP) is 1.51. The van der Waals surface area contributed by atoms with Crippen molar-refractivity contribution >= 4 is 5.69 Å². The van der Waals surface area contributed by atoms with Gasteiger partial charge in [0.25, 0.3) is 0 Å². The molecule has 0 aliphatic rings. The number of hydrogen-bond donors (Lipinski definition) is 2. The Labute approximate surface area is 92.3 Å². The van der Waals surface area contributed by atoms with Crippen molar-refractivity contribution in [2.45, 2.75) is 13.5 Å². The van der Waals surface area contributed by atoms with Gasteiger partial charge in [0, 0.05) is 32.4 Å². The summed E-state index contributed by atoms with van der Waals surface area (Å²) in [5, 5.41) is 3.21. The third kappa shape index (κ3) is 3.53. The largest absolute Gasteiger partial charge is 0.388 e. The second kappa shape index (κ2) is 6.43. The number of nitrogens with one attached hydrogen (secondary N) is 1. The van der Waals surface area contributed by atoms with E-state index in [-0.39, 0.29) is 0 Å². The van der Waals surface area contributed by atoms with E-state index in [0.717, 1.165) is 26.2 Å². The standard InChI is InChI=1S/C12H21N3/c1-3-15(9-8-13)10-11-6-4-5-7-12(11)14-2/h4-7,14H,3,8-10,13H2,1-2H3. The molecule has 0 aliphatic heterocycles. The minimum atomic E-state index is 0.718. The molecule has 1 rings (SSSR count). The van der Waals surface area contributed by atoms with Crippen LogP contribution < -0.4 is 11.1 Å². The Balaban J connectivity index is 2.69. The molecule has 0 unspecified atom stereocenters. The van der Waals surface area contributed by atoms with Crippen LogP contribution in [0.4, 0.5) is 5.69 Å². The highest BCUT2D eigenvalue weighted by Gasteiger charge is 2.05. The molecule has 1 aromatic carbocycles. The molecule has 0 aliphatic carbocycles. The summed E-state index contributed by atoms with van der Waals surface area (Å²) in [5.74, 6) is 0. The summed E-state index contributed by atoms with van der Waals surface area (Å²) in [5.41, 5.74) is 8.10. The van der Waals surface area contributed by atoms with Crippen LogP contribution in [0.15, 0.2) is 24.3 Å². The maximum absolute atomic E-state index is 5.57. The highest BCUT2D eigenvalue weighted by molar-refractivity contribution is 5.50. The molecule has 15 heavy (non-hydrogen) atoms. The monoisotopic (exact) mass is 207 g/mol. The van der Waals surface area contributed by atoms with Crippen molar-refractivity contribution in [2.75, 3.05) is 32.0 Å². The van der Waals surface area contributed by atoms with Gasteiger partial charge in [-0.1, -0.05) is 25.1 Å². The maximum atomic E-state index is 5.57. The topological polar surface area (TPSA) is 41.3 Å². The van der Waals surface area contributed by atoms with Crippen LogP contribution >= 0.6 is 0 Å². The first-order chi connectivity index (χ1) is 7.31. The van der Waals surface area contributed by atoms with Crippen LogP contribution in [-0.2, 0) is 6.54 Å². The quantitative estimate of drug-likeness (QED) is 0.743. The van der Waals surface area contributed by atoms with Crippen LogP contribution in [0.2, 0.25) is 0 Å². The number of rotatable bonds is 6. The molecule has 0 amide bonds. The Hall–Kier alpha value is -1.06. The molecular formula is C12H21N3. The van der Waals surface area contributed by atoms with Gasteiger partial charge in [-0.05, 0) is 18.2 Å². The summed E-state index contributed by atoms with van der Waals surface area (Å²) in [4.78, 5) is 2.34. The van der Waals surface area contributed by atoms with E-state index in [1.165, 1.54) is 11.3 Å². The summed E-state index contributed by atoms with van der Waals surface area (Å²) >= 11 is 0. The van der Waals surface area contributed by atoms with Crippen LogP contribution in [0.5, 0.6) is 0 Å². The van der Waals surface area contributed by atoms with E-state index in [9.17, 15) is 0 Å². The summed E-state index contributed by atoms with van der Waals surface area (Å²) in [7, 11) is 1.96. The molecule has 3 nitrogen and oxygen atoms in total. The number of benzene rings is 1. The zero-order valence-corrected chi connectivity index (χ0v) is 9.66. The van der Waals surface area contributed by atoms with Gasteiger partial charge in [-0.25, -0.2) is 0 Å². The van der Waals surface area contributed by atoms with E-state index in [1.807, 2.05) is 7.05 Å². The fourth-order valence-corrected chi connectivity index (χ4v) is 1.67. The lowest BCUT2D eigenvalue weighted by atomic mass is 10.1. The molecule has 3 N–H and O–H groups in total. The molecule has 0 fully saturated rings. The lowest BCUT2D eigenvalue weighted by Gasteiger charge is -2.21. The average molecular weight is 207 g/mol. The fraction of sp³-hybridized carbons (Fsp3) is 0.500. The van der Waals surface area contributed by atoms with Crippen LogP contribution in [0.1, 0.15) is 12.5 Å². The average Bonchev–Trinajstić information content (AvgIpc) is 2.29. The Morgan fingerprint density at radius 2 is 2.07 bits per heavy atom. The minimum Gasteiger partial charge on any atom is -0.388 e. The zero-order valence-electron chi connectivity index (χ0n) is 9.66. The molecule has 1 aromatic rings. The van der Waals surface area contributed by atoms with Gasteiger partial charge in [-0.2, -0.15) is 0 Å². The first kappa shape index (κ1) is 12.0. The first-order valence-corrected chi connectivity index (χ1v) is 5.49. The number of para-hydroxylation sites is 1. The van der Waals surface area contributed by atoms with Gasteiger partial charge in [-0.15, -0.1) is 0 Å². The van der Waals surface area contributed by atoms with Crippen molar-refractivity contribution in [1.82, 2.24) is 4.90 Å². The summed E-state index contributed by atoms with van der Waals surface area (Å²) in [6.07, 6.45) is 0. The van der Waals surface area contributed by atoms with Gasteiger partial charge in [0.1, 0.15) is 0 Å². The highest BCUT2D eigenvalue weighted by atomic mass is 15.1. The molecule has 0 saturated heterocycles. The molecule has 3 heteroatoms. The van der Waals surface area contributed by atoms with E-state index in [1.54, 1.807) is 0 Å². The van der Waals surface area contributed by atoms with E-state index < -0.39 is 0 Å². The van der Waals surface area contributed by atoms with Crippen molar-refractivity contribution < 1.29 is 0 Å². The number of likely N-dealkylation sites (N-methyl/N-ethyl adjacent to an activating group) is 1. The molecule has 0 radical (unpaired) electrons. The Kier molecular flexibility index (Phi) is 5.15. The normalized spacial score (nSPS) is 10.7. The van der Waals surface area contributed by atoms with Gasteiger partial charge in [0.05, 0.1) is 0 Å². The lowest BCUT2D eigenvalue weighted by Crippen LogP contribution is -2.29. The van der Waals surface area contributed by atoms with Gasteiger partial charge >= 0.3 is 0 Å². The highest BCUT2D eigenvalue weighted by Crippen LogP contribution is 2.15. The Morgan fingerprint density at radius 3 is 2.67 bits per heavy atom. The van der Waals surface area contributed by atoms with E-state index in [2.05, 4.69) is 41.4 Å². The van der Waals surface area contributed by atoms with Crippen molar-refractivity contribution in [3.05, 3.63) is 29.8 Å². The molecule has 0 saturated carbocycles. The summed E-state index contributed by atoms with van der Waals surface area (Å²) < 4.78 is 0. The number of hydrogen-bond acceptors (Lipinski definition) is 3. The minimum absolute atomic E-state index is 0.718. The van der Waals surface area contributed by atoms with Crippen LogP contribution in [0, 0.1) is 0 Å². The summed E-state index contributed by atoms with van der Waals surface area (Å²) in [6, 6.07) is 8.39. The third-order valence-corrected chi connectivity index (χ3v) is 2.57. The maximum Gasteiger partial charge on any atom is 0.0383 e. The van der Waals surface area contributed by atoms with Crippen molar-refractivity contribution in [3.63, 3.8) is 0 Å². The van der Waals surface area contributed by atoms with Gasteiger partial charge < -0.3 is 11.1 Å².